The lowest BCUT2D eigenvalue weighted by Crippen LogP contribution is -2.41. The number of aliphatic hydroxyl groups excluding tert-OH is 1. The van der Waals surface area contributed by atoms with E-state index in [-0.39, 0.29) is 6.10 Å². The molecule has 16 heavy (non-hydrogen) atoms. The molecule has 0 bridgehead atoms. The number of hydrogen-bond acceptors (Lipinski definition) is 3. The summed E-state index contributed by atoms with van der Waals surface area (Å²) in [6.45, 7) is 4.72. The summed E-state index contributed by atoms with van der Waals surface area (Å²) in [5.41, 5.74) is 0. The van der Waals surface area contributed by atoms with Crippen molar-refractivity contribution in [3.05, 3.63) is 0 Å². The zero-order chi connectivity index (χ0) is 11.4. The molecule has 2 rings (SSSR count). The fraction of sp³-hybridized carbons (Fsp3) is 1.00. The lowest BCUT2D eigenvalue weighted by molar-refractivity contribution is 0.00730. The molecule has 0 spiro atoms. The Bertz CT molecular complexity index is 204. The van der Waals surface area contributed by atoms with Gasteiger partial charge in [-0.2, -0.15) is 0 Å². The predicted molar refractivity (Wildman–Crippen MR) is 64.4 cm³/mol. The molecule has 3 heteroatoms. The van der Waals surface area contributed by atoms with Crippen LogP contribution in [0.25, 0.3) is 0 Å². The number of ether oxygens (including phenoxy) is 1. The van der Waals surface area contributed by atoms with E-state index < -0.39 is 0 Å². The largest absolute Gasteiger partial charge is 0.392 e. The van der Waals surface area contributed by atoms with E-state index in [1.807, 2.05) is 0 Å². The maximum absolute atomic E-state index is 10.1. The molecule has 0 aromatic rings. The van der Waals surface area contributed by atoms with Crippen LogP contribution in [0.4, 0.5) is 0 Å². The predicted octanol–water partition coefficient (Wildman–Crippen LogP) is 1.55. The summed E-state index contributed by atoms with van der Waals surface area (Å²) >= 11 is 0. The topological polar surface area (TPSA) is 41.5 Å². The Morgan fingerprint density at radius 1 is 1.25 bits per heavy atom. The van der Waals surface area contributed by atoms with Gasteiger partial charge in [0.15, 0.2) is 0 Å². The standard InChI is InChI=1S/C13H25NO2/c1-10-3-2-4-12(10)14-9-13(15)11-5-7-16-8-6-11/h10-15H,2-9H2,1H3. The number of aliphatic hydroxyl groups is 1. The number of nitrogens with one attached hydrogen (secondary N) is 1. The molecule has 1 heterocycles. The first-order valence-corrected chi connectivity index (χ1v) is 6.76. The lowest BCUT2D eigenvalue weighted by Gasteiger charge is -2.28. The Balaban J connectivity index is 1.68. The molecule has 0 amide bonds. The van der Waals surface area contributed by atoms with Crippen LogP contribution in [0.2, 0.25) is 0 Å². The van der Waals surface area contributed by atoms with Gasteiger partial charge in [-0.25, -0.2) is 0 Å². The molecule has 3 atom stereocenters. The lowest BCUT2D eigenvalue weighted by atomic mass is 9.93. The Morgan fingerprint density at radius 2 is 2.00 bits per heavy atom. The van der Waals surface area contributed by atoms with Gasteiger partial charge in [0.1, 0.15) is 0 Å². The zero-order valence-electron chi connectivity index (χ0n) is 10.3. The van der Waals surface area contributed by atoms with Crippen LogP contribution in [0.5, 0.6) is 0 Å². The summed E-state index contributed by atoms with van der Waals surface area (Å²) in [7, 11) is 0. The van der Waals surface area contributed by atoms with Gasteiger partial charge in [0.25, 0.3) is 0 Å². The van der Waals surface area contributed by atoms with Crippen molar-refractivity contribution in [1.82, 2.24) is 5.32 Å². The first kappa shape index (κ1) is 12.3. The van der Waals surface area contributed by atoms with Gasteiger partial charge in [-0.1, -0.05) is 13.3 Å². The van der Waals surface area contributed by atoms with E-state index in [1.165, 1.54) is 19.3 Å². The number of rotatable bonds is 4. The average molecular weight is 227 g/mol. The first-order chi connectivity index (χ1) is 7.77. The fourth-order valence-electron chi connectivity index (χ4n) is 2.99. The van der Waals surface area contributed by atoms with Crippen LogP contribution in [0.3, 0.4) is 0 Å². The molecular weight excluding hydrogens is 202 g/mol. The molecule has 0 radical (unpaired) electrons. The molecule has 1 saturated heterocycles. The summed E-state index contributed by atoms with van der Waals surface area (Å²) in [6, 6.07) is 0.634. The summed E-state index contributed by atoms with van der Waals surface area (Å²) in [5.74, 6) is 1.22. The molecule has 2 N–H and O–H groups in total. The SMILES string of the molecule is CC1CCCC1NCC(O)C1CCOCC1. The van der Waals surface area contributed by atoms with E-state index in [2.05, 4.69) is 12.2 Å². The maximum atomic E-state index is 10.1. The molecule has 3 unspecified atom stereocenters. The molecule has 1 aliphatic carbocycles. The highest BCUT2D eigenvalue weighted by Crippen LogP contribution is 2.25. The highest BCUT2D eigenvalue weighted by atomic mass is 16.5. The van der Waals surface area contributed by atoms with Crippen LogP contribution in [0.1, 0.15) is 39.0 Å². The smallest absolute Gasteiger partial charge is 0.0694 e. The van der Waals surface area contributed by atoms with Crippen molar-refractivity contribution in [2.45, 2.75) is 51.2 Å². The molecular formula is C13H25NO2. The van der Waals surface area contributed by atoms with Gasteiger partial charge in [-0.05, 0) is 37.5 Å². The highest BCUT2D eigenvalue weighted by Gasteiger charge is 2.26. The summed E-state index contributed by atoms with van der Waals surface area (Å²) < 4.78 is 5.31. The van der Waals surface area contributed by atoms with Gasteiger partial charge in [0.05, 0.1) is 6.10 Å². The van der Waals surface area contributed by atoms with Crippen molar-refractivity contribution in [2.75, 3.05) is 19.8 Å². The van der Waals surface area contributed by atoms with E-state index in [1.54, 1.807) is 0 Å². The molecule has 1 saturated carbocycles. The van der Waals surface area contributed by atoms with Crippen molar-refractivity contribution < 1.29 is 9.84 Å². The quantitative estimate of drug-likeness (QED) is 0.765. The van der Waals surface area contributed by atoms with Crippen LogP contribution in [-0.2, 0) is 4.74 Å². The minimum absolute atomic E-state index is 0.184. The third-order valence-corrected chi connectivity index (χ3v) is 4.26. The Hall–Kier alpha value is -0.120. The highest BCUT2D eigenvalue weighted by molar-refractivity contribution is 4.82. The molecule has 0 aromatic carbocycles. The van der Waals surface area contributed by atoms with E-state index in [4.69, 9.17) is 4.74 Å². The van der Waals surface area contributed by atoms with Crippen LogP contribution in [0.15, 0.2) is 0 Å². The summed E-state index contributed by atoms with van der Waals surface area (Å²) in [4.78, 5) is 0. The van der Waals surface area contributed by atoms with Crippen molar-refractivity contribution in [3.63, 3.8) is 0 Å². The zero-order valence-corrected chi connectivity index (χ0v) is 10.3. The monoisotopic (exact) mass is 227 g/mol. The Labute approximate surface area is 98.6 Å². The molecule has 1 aliphatic heterocycles. The second kappa shape index (κ2) is 5.99. The third-order valence-electron chi connectivity index (χ3n) is 4.26. The molecule has 0 aromatic heterocycles. The van der Waals surface area contributed by atoms with Crippen molar-refractivity contribution in [2.24, 2.45) is 11.8 Å². The van der Waals surface area contributed by atoms with Gasteiger partial charge in [0, 0.05) is 25.8 Å². The van der Waals surface area contributed by atoms with E-state index in [9.17, 15) is 5.11 Å². The normalized spacial score (nSPS) is 34.1. The van der Waals surface area contributed by atoms with Gasteiger partial charge < -0.3 is 15.2 Å². The Morgan fingerprint density at radius 3 is 2.62 bits per heavy atom. The van der Waals surface area contributed by atoms with Crippen molar-refractivity contribution >= 4 is 0 Å². The number of hydrogen-bond donors (Lipinski definition) is 2. The van der Waals surface area contributed by atoms with Crippen LogP contribution < -0.4 is 5.32 Å². The second-order valence-electron chi connectivity index (χ2n) is 5.44. The van der Waals surface area contributed by atoms with Crippen LogP contribution in [-0.4, -0.2) is 37.0 Å². The summed E-state index contributed by atoms with van der Waals surface area (Å²) in [5, 5.41) is 13.6. The van der Waals surface area contributed by atoms with Gasteiger partial charge in [-0.15, -0.1) is 0 Å². The fourth-order valence-corrected chi connectivity index (χ4v) is 2.99. The van der Waals surface area contributed by atoms with Crippen molar-refractivity contribution in [1.29, 1.82) is 0 Å². The minimum Gasteiger partial charge on any atom is -0.392 e. The maximum Gasteiger partial charge on any atom is 0.0694 e. The summed E-state index contributed by atoms with van der Waals surface area (Å²) in [6.07, 6.45) is 5.81. The third kappa shape index (κ3) is 3.19. The van der Waals surface area contributed by atoms with E-state index >= 15 is 0 Å². The molecule has 94 valence electrons. The van der Waals surface area contributed by atoms with E-state index in [0.717, 1.165) is 38.5 Å². The van der Waals surface area contributed by atoms with Crippen LogP contribution in [0, 0.1) is 11.8 Å². The van der Waals surface area contributed by atoms with Crippen molar-refractivity contribution in [3.8, 4) is 0 Å². The second-order valence-corrected chi connectivity index (χ2v) is 5.44. The van der Waals surface area contributed by atoms with Gasteiger partial charge in [-0.3, -0.25) is 0 Å². The first-order valence-electron chi connectivity index (χ1n) is 6.76. The van der Waals surface area contributed by atoms with E-state index in [0.29, 0.717) is 12.0 Å². The average Bonchev–Trinajstić information content (AvgIpc) is 2.73. The Kier molecular flexibility index (Phi) is 4.62. The molecule has 2 fully saturated rings. The molecule has 2 aliphatic rings. The molecule has 3 nitrogen and oxygen atoms in total. The minimum atomic E-state index is -0.184. The van der Waals surface area contributed by atoms with Gasteiger partial charge >= 0.3 is 0 Å². The van der Waals surface area contributed by atoms with Crippen LogP contribution >= 0.6 is 0 Å². The van der Waals surface area contributed by atoms with Gasteiger partial charge in [0.2, 0.25) is 0 Å².